The Morgan fingerprint density at radius 1 is 0.321 bits per heavy atom. The van der Waals surface area contributed by atoms with Crippen molar-refractivity contribution in [3.63, 3.8) is 0 Å². The zero-order valence-corrected chi connectivity index (χ0v) is 30.7. The summed E-state index contributed by atoms with van der Waals surface area (Å²) in [5.74, 6) is 0. The van der Waals surface area contributed by atoms with Gasteiger partial charge in [0.05, 0.1) is 22.4 Å². The molecule has 0 saturated carbocycles. The molecule has 0 aliphatic carbocycles. The highest BCUT2D eigenvalue weighted by Gasteiger charge is 2.20. The van der Waals surface area contributed by atoms with Crippen LogP contribution in [0.2, 0.25) is 0 Å². The maximum atomic E-state index is 2.45. The van der Waals surface area contributed by atoms with E-state index in [-0.39, 0.29) is 0 Å². The molecule has 0 aliphatic rings. The lowest BCUT2D eigenvalue weighted by atomic mass is 9.98. The number of nitrogens with zero attached hydrogens (tertiary/aromatic N) is 2. The third kappa shape index (κ3) is 5.19. The molecule has 0 aliphatic heterocycles. The van der Waals surface area contributed by atoms with Crippen molar-refractivity contribution in [3.05, 3.63) is 218 Å². The maximum Gasteiger partial charge on any atom is 0.0547 e. The Morgan fingerprint density at radius 2 is 0.875 bits per heavy atom. The quantitative estimate of drug-likeness (QED) is 0.156. The molecule has 0 fully saturated rings. The molecule has 1 heterocycles. The van der Waals surface area contributed by atoms with E-state index >= 15 is 0 Å². The number of benzene rings is 10. The molecule has 10 aromatic carbocycles. The molecule has 11 aromatic rings. The second-order valence-corrected chi connectivity index (χ2v) is 14.5. The summed E-state index contributed by atoms with van der Waals surface area (Å²) in [6, 6.07) is 79.4. The van der Waals surface area contributed by atoms with E-state index in [9.17, 15) is 0 Å². The predicted octanol–water partition coefficient (Wildman–Crippen LogP) is 15.0. The zero-order chi connectivity index (χ0) is 37.0. The topological polar surface area (TPSA) is 8.17 Å². The fourth-order valence-electron chi connectivity index (χ4n) is 8.78. The molecule has 0 bridgehead atoms. The molecule has 0 saturated heterocycles. The van der Waals surface area contributed by atoms with Gasteiger partial charge in [-0.05, 0) is 92.2 Å². The van der Waals surface area contributed by atoms with Crippen molar-refractivity contribution in [1.82, 2.24) is 4.57 Å². The van der Waals surface area contributed by atoms with Gasteiger partial charge in [-0.3, -0.25) is 0 Å². The summed E-state index contributed by atoms with van der Waals surface area (Å²) in [6.45, 7) is 0. The second kappa shape index (κ2) is 13.2. The molecule has 0 unspecified atom stereocenters. The molecule has 2 nitrogen and oxygen atoms in total. The van der Waals surface area contributed by atoms with Crippen LogP contribution in [0.1, 0.15) is 0 Å². The summed E-state index contributed by atoms with van der Waals surface area (Å²) in [4.78, 5) is 2.41. The highest BCUT2D eigenvalue weighted by molar-refractivity contribution is 6.21. The smallest absolute Gasteiger partial charge is 0.0547 e. The number of hydrogen-bond donors (Lipinski definition) is 0. The number of fused-ring (bicyclic) bond motifs is 8. The lowest BCUT2D eigenvalue weighted by Gasteiger charge is -2.28. The maximum absolute atomic E-state index is 2.45. The van der Waals surface area contributed by atoms with E-state index < -0.39 is 0 Å². The summed E-state index contributed by atoms with van der Waals surface area (Å²) in [5, 5.41) is 10.0. The van der Waals surface area contributed by atoms with E-state index in [2.05, 4.69) is 228 Å². The molecule has 56 heavy (non-hydrogen) atoms. The fourth-order valence-corrected chi connectivity index (χ4v) is 8.78. The van der Waals surface area contributed by atoms with Gasteiger partial charge in [0.15, 0.2) is 0 Å². The minimum absolute atomic E-state index is 1.10. The van der Waals surface area contributed by atoms with Gasteiger partial charge >= 0.3 is 0 Å². The Hall–Kier alpha value is -7.42. The van der Waals surface area contributed by atoms with E-state index in [1.54, 1.807) is 0 Å². The van der Waals surface area contributed by atoms with Gasteiger partial charge in [-0.15, -0.1) is 0 Å². The average molecular weight is 713 g/mol. The van der Waals surface area contributed by atoms with Crippen LogP contribution in [0.5, 0.6) is 0 Å². The zero-order valence-electron chi connectivity index (χ0n) is 30.7. The number of anilines is 3. The van der Waals surface area contributed by atoms with Crippen molar-refractivity contribution >= 4 is 71.2 Å². The van der Waals surface area contributed by atoms with Gasteiger partial charge in [-0.2, -0.15) is 0 Å². The highest BCUT2D eigenvalue weighted by atomic mass is 15.1. The lowest BCUT2D eigenvalue weighted by Crippen LogP contribution is -2.10. The SMILES string of the molecule is c1ccc(-c2ccc(N(c3ccc(-c4ccccc4-n4c5ccccc5c5c6ccccc6ccc54)cc3)c3cc4ccccc4c4ccccc34)cc2)cc1. The van der Waals surface area contributed by atoms with Crippen LogP contribution in [0.3, 0.4) is 0 Å². The molecule has 1 aromatic heterocycles. The minimum Gasteiger partial charge on any atom is -0.310 e. The first-order chi connectivity index (χ1) is 27.8. The number of rotatable bonds is 6. The number of para-hydroxylation sites is 2. The third-order valence-corrected chi connectivity index (χ3v) is 11.4. The second-order valence-electron chi connectivity index (χ2n) is 14.5. The van der Waals surface area contributed by atoms with Gasteiger partial charge in [0.25, 0.3) is 0 Å². The summed E-state index contributed by atoms with van der Waals surface area (Å²) in [7, 11) is 0. The monoisotopic (exact) mass is 712 g/mol. The molecule has 0 spiro atoms. The van der Waals surface area contributed by atoms with E-state index in [0.29, 0.717) is 0 Å². The molecule has 0 radical (unpaired) electrons. The largest absolute Gasteiger partial charge is 0.310 e. The molecular formula is C54H36N2. The van der Waals surface area contributed by atoms with Crippen LogP contribution in [0, 0.1) is 0 Å². The normalized spacial score (nSPS) is 11.6. The van der Waals surface area contributed by atoms with Gasteiger partial charge in [0.2, 0.25) is 0 Å². The summed E-state index contributed by atoms with van der Waals surface area (Å²) >= 11 is 0. The highest BCUT2D eigenvalue weighted by Crippen LogP contribution is 2.44. The standard InChI is InChI=1S/C54H36N2/c1-2-14-37(15-3-1)38-26-31-42(32-27-38)55(53-36-41-17-5-6-18-44(41)47-21-8-9-22-48(47)53)43-33-28-40(29-34-43)45-19-10-12-24-50(45)56-51-25-13-11-23-49(51)54-46-20-7-4-16-39(46)30-35-52(54)56/h1-36H. The lowest BCUT2D eigenvalue weighted by molar-refractivity contribution is 1.18. The van der Waals surface area contributed by atoms with E-state index in [1.165, 1.54) is 76.4 Å². The van der Waals surface area contributed by atoms with E-state index in [1.807, 2.05) is 0 Å². The summed E-state index contributed by atoms with van der Waals surface area (Å²) in [5.41, 5.74) is 11.7. The van der Waals surface area contributed by atoms with Gasteiger partial charge < -0.3 is 9.47 Å². The van der Waals surface area contributed by atoms with Gasteiger partial charge in [0.1, 0.15) is 0 Å². The van der Waals surface area contributed by atoms with Crippen molar-refractivity contribution in [2.24, 2.45) is 0 Å². The van der Waals surface area contributed by atoms with Crippen molar-refractivity contribution in [2.45, 2.75) is 0 Å². The summed E-state index contributed by atoms with van der Waals surface area (Å²) in [6.07, 6.45) is 0. The summed E-state index contributed by atoms with van der Waals surface area (Å²) < 4.78 is 2.45. The molecule has 262 valence electrons. The van der Waals surface area contributed by atoms with Crippen LogP contribution >= 0.6 is 0 Å². The van der Waals surface area contributed by atoms with Crippen LogP contribution in [0.25, 0.3) is 82.1 Å². The molecule has 0 N–H and O–H groups in total. The first-order valence-electron chi connectivity index (χ1n) is 19.3. The first-order valence-corrected chi connectivity index (χ1v) is 19.3. The molecule has 11 rings (SSSR count). The first kappa shape index (κ1) is 32.0. The van der Waals surface area contributed by atoms with Crippen LogP contribution < -0.4 is 4.90 Å². The molecule has 0 atom stereocenters. The Morgan fingerprint density at radius 3 is 1.64 bits per heavy atom. The van der Waals surface area contributed by atoms with Crippen molar-refractivity contribution in [1.29, 1.82) is 0 Å². The van der Waals surface area contributed by atoms with Gasteiger partial charge in [0, 0.05) is 33.1 Å². The van der Waals surface area contributed by atoms with Crippen molar-refractivity contribution < 1.29 is 0 Å². The van der Waals surface area contributed by atoms with E-state index in [0.717, 1.165) is 22.7 Å². The Balaban J connectivity index is 1.08. The van der Waals surface area contributed by atoms with Crippen molar-refractivity contribution in [2.75, 3.05) is 4.90 Å². The number of aromatic nitrogens is 1. The van der Waals surface area contributed by atoms with Gasteiger partial charge in [-0.1, -0.05) is 170 Å². The van der Waals surface area contributed by atoms with Crippen LogP contribution in [0.4, 0.5) is 17.1 Å². The van der Waals surface area contributed by atoms with Crippen LogP contribution in [-0.4, -0.2) is 4.57 Å². The fraction of sp³-hybridized carbons (Fsp3) is 0. The Kier molecular flexibility index (Phi) is 7.53. The Bertz CT molecular complexity index is 3230. The van der Waals surface area contributed by atoms with Crippen LogP contribution in [-0.2, 0) is 0 Å². The molecular weight excluding hydrogens is 677 g/mol. The number of hydrogen-bond acceptors (Lipinski definition) is 1. The minimum atomic E-state index is 1.10. The molecule has 0 amide bonds. The Labute approximate surface area is 325 Å². The van der Waals surface area contributed by atoms with Gasteiger partial charge in [-0.25, -0.2) is 0 Å². The van der Waals surface area contributed by atoms with E-state index in [4.69, 9.17) is 0 Å². The van der Waals surface area contributed by atoms with Crippen LogP contribution in [0.15, 0.2) is 218 Å². The average Bonchev–Trinajstić information content (AvgIpc) is 3.62. The predicted molar refractivity (Wildman–Crippen MR) is 239 cm³/mol. The van der Waals surface area contributed by atoms with Crippen molar-refractivity contribution in [3.8, 4) is 27.9 Å². The molecule has 2 heteroatoms. The third-order valence-electron chi connectivity index (χ3n) is 11.4.